The fourth-order valence-electron chi connectivity index (χ4n) is 1.73. The summed E-state index contributed by atoms with van der Waals surface area (Å²) in [5.74, 6) is 0.665. The molecule has 0 aliphatic carbocycles. The molecule has 1 aliphatic rings. The highest BCUT2D eigenvalue weighted by atomic mass is 35.5. The molecule has 0 spiro atoms. The van der Waals surface area contributed by atoms with Gasteiger partial charge in [-0.2, -0.15) is 0 Å². The van der Waals surface area contributed by atoms with Gasteiger partial charge >= 0.3 is 0 Å². The van der Waals surface area contributed by atoms with Crippen LogP contribution in [0.3, 0.4) is 0 Å². The highest BCUT2D eigenvalue weighted by Crippen LogP contribution is 2.29. The minimum Gasteiger partial charge on any atom is -0.384 e. The Balaban J connectivity index is 2.28. The molecule has 3 nitrogen and oxygen atoms in total. The number of nitrogens with two attached hydrogens (primary N) is 1. The molecule has 1 aliphatic heterocycles. The molecule has 0 radical (unpaired) electrons. The Bertz CT molecular complexity index is 431. The summed E-state index contributed by atoms with van der Waals surface area (Å²) in [6.07, 6.45) is 2.95. The molecule has 16 heavy (non-hydrogen) atoms. The zero-order chi connectivity index (χ0) is 11.7. The van der Waals surface area contributed by atoms with Gasteiger partial charge in [-0.05, 0) is 30.7 Å². The van der Waals surface area contributed by atoms with Gasteiger partial charge in [0.25, 0.3) is 0 Å². The standard InChI is InChI=1S/C11H13Cl2N3/c1-2-7-6-11(14)15-16(7)8-3-4-9(12)10(13)5-8/h3-7,15H,2,14H2,1H3. The number of hydrogen-bond acceptors (Lipinski definition) is 3. The SMILES string of the molecule is CCC1C=C(N)NN1c1ccc(Cl)c(Cl)c1. The maximum absolute atomic E-state index is 5.98. The van der Waals surface area contributed by atoms with Crippen LogP contribution in [0.5, 0.6) is 0 Å². The summed E-state index contributed by atoms with van der Waals surface area (Å²) in [5, 5.41) is 3.08. The molecule has 3 N–H and O–H groups in total. The van der Waals surface area contributed by atoms with E-state index in [1.165, 1.54) is 0 Å². The maximum Gasteiger partial charge on any atom is 0.113 e. The molecule has 86 valence electrons. The minimum absolute atomic E-state index is 0.247. The fourth-order valence-corrected chi connectivity index (χ4v) is 2.02. The normalized spacial score (nSPS) is 19.6. The van der Waals surface area contributed by atoms with Crippen molar-refractivity contribution in [2.24, 2.45) is 5.73 Å². The third-order valence-corrected chi connectivity index (χ3v) is 3.29. The van der Waals surface area contributed by atoms with E-state index in [0.29, 0.717) is 15.9 Å². The van der Waals surface area contributed by atoms with E-state index < -0.39 is 0 Å². The first-order chi connectivity index (χ1) is 7.61. The van der Waals surface area contributed by atoms with Crippen molar-refractivity contribution in [1.29, 1.82) is 0 Å². The van der Waals surface area contributed by atoms with Crippen LogP contribution in [0, 0.1) is 0 Å². The Morgan fingerprint density at radius 2 is 2.12 bits per heavy atom. The molecule has 1 aromatic carbocycles. The average Bonchev–Trinajstić information content (AvgIpc) is 2.63. The van der Waals surface area contributed by atoms with Gasteiger partial charge in [0.2, 0.25) is 0 Å². The molecule has 1 aromatic rings. The summed E-state index contributed by atoms with van der Waals surface area (Å²) in [7, 11) is 0. The maximum atomic E-state index is 5.98. The van der Waals surface area contributed by atoms with Gasteiger partial charge in [-0.1, -0.05) is 30.1 Å². The minimum atomic E-state index is 0.247. The molecule has 0 fully saturated rings. The van der Waals surface area contributed by atoms with Gasteiger partial charge in [-0.15, -0.1) is 0 Å². The fraction of sp³-hybridized carbons (Fsp3) is 0.273. The average molecular weight is 258 g/mol. The second-order valence-electron chi connectivity index (χ2n) is 3.68. The Morgan fingerprint density at radius 1 is 1.38 bits per heavy atom. The van der Waals surface area contributed by atoms with Crippen molar-refractivity contribution in [3.63, 3.8) is 0 Å². The van der Waals surface area contributed by atoms with Crippen LogP contribution in [0.4, 0.5) is 5.69 Å². The van der Waals surface area contributed by atoms with Crippen LogP contribution in [0.15, 0.2) is 30.1 Å². The lowest BCUT2D eigenvalue weighted by atomic mass is 10.2. The van der Waals surface area contributed by atoms with Gasteiger partial charge in [0, 0.05) is 0 Å². The summed E-state index contributed by atoms with van der Waals surface area (Å²) in [6, 6.07) is 5.77. The van der Waals surface area contributed by atoms with Crippen molar-refractivity contribution >= 4 is 28.9 Å². The summed E-state index contributed by atoms with van der Waals surface area (Å²) in [4.78, 5) is 0. The highest BCUT2D eigenvalue weighted by Gasteiger charge is 2.22. The van der Waals surface area contributed by atoms with E-state index in [2.05, 4.69) is 12.3 Å². The number of nitrogens with zero attached hydrogens (tertiary/aromatic N) is 1. The largest absolute Gasteiger partial charge is 0.384 e. The lowest BCUT2D eigenvalue weighted by Crippen LogP contribution is -2.39. The Kier molecular flexibility index (Phi) is 3.17. The van der Waals surface area contributed by atoms with Gasteiger partial charge < -0.3 is 5.73 Å². The first-order valence-electron chi connectivity index (χ1n) is 5.10. The van der Waals surface area contributed by atoms with E-state index in [-0.39, 0.29) is 6.04 Å². The molecule has 1 heterocycles. The van der Waals surface area contributed by atoms with Crippen LogP contribution in [-0.2, 0) is 0 Å². The van der Waals surface area contributed by atoms with E-state index in [9.17, 15) is 0 Å². The van der Waals surface area contributed by atoms with Gasteiger partial charge in [-0.25, -0.2) is 0 Å². The van der Waals surface area contributed by atoms with Crippen LogP contribution in [0.1, 0.15) is 13.3 Å². The molecule has 0 bridgehead atoms. The Morgan fingerprint density at radius 3 is 2.75 bits per heavy atom. The van der Waals surface area contributed by atoms with Crippen molar-refractivity contribution < 1.29 is 0 Å². The molecule has 1 atom stereocenters. The van der Waals surface area contributed by atoms with E-state index in [1.54, 1.807) is 6.07 Å². The number of hydrazine groups is 1. The lowest BCUT2D eigenvalue weighted by molar-refractivity contribution is 0.654. The quantitative estimate of drug-likeness (QED) is 0.857. The van der Waals surface area contributed by atoms with Crippen LogP contribution in [0.25, 0.3) is 0 Å². The molecule has 0 amide bonds. The topological polar surface area (TPSA) is 41.3 Å². The molecule has 0 saturated heterocycles. The van der Waals surface area contributed by atoms with Crippen molar-refractivity contribution in [3.05, 3.63) is 40.1 Å². The number of nitrogens with one attached hydrogen (secondary N) is 1. The molecule has 0 aromatic heterocycles. The van der Waals surface area contributed by atoms with Crippen LogP contribution >= 0.6 is 23.2 Å². The molecular formula is C11H13Cl2N3. The zero-order valence-corrected chi connectivity index (χ0v) is 10.4. The van der Waals surface area contributed by atoms with Gasteiger partial charge in [0.1, 0.15) is 5.82 Å². The number of benzene rings is 1. The van der Waals surface area contributed by atoms with Gasteiger partial charge in [0.05, 0.1) is 21.8 Å². The Hall–Kier alpha value is -1.06. The summed E-state index contributed by atoms with van der Waals surface area (Å²) >= 11 is 11.9. The first kappa shape index (κ1) is 11.4. The smallest absolute Gasteiger partial charge is 0.113 e. The molecule has 5 heteroatoms. The third-order valence-electron chi connectivity index (χ3n) is 2.55. The predicted octanol–water partition coefficient (Wildman–Crippen LogP) is 2.90. The Labute approximate surface area is 105 Å². The zero-order valence-electron chi connectivity index (χ0n) is 8.87. The monoisotopic (exact) mass is 257 g/mol. The van der Waals surface area contributed by atoms with Gasteiger partial charge in [-0.3, -0.25) is 10.4 Å². The molecule has 2 rings (SSSR count). The van der Waals surface area contributed by atoms with Crippen molar-refractivity contribution in [2.75, 3.05) is 5.01 Å². The van der Waals surface area contributed by atoms with Crippen molar-refractivity contribution in [1.82, 2.24) is 5.43 Å². The van der Waals surface area contributed by atoms with E-state index in [1.807, 2.05) is 23.2 Å². The number of halogens is 2. The highest BCUT2D eigenvalue weighted by molar-refractivity contribution is 6.42. The van der Waals surface area contributed by atoms with Crippen LogP contribution < -0.4 is 16.2 Å². The number of rotatable bonds is 2. The lowest BCUT2D eigenvalue weighted by Gasteiger charge is -2.26. The summed E-state index contributed by atoms with van der Waals surface area (Å²) < 4.78 is 0. The second kappa shape index (κ2) is 4.44. The second-order valence-corrected chi connectivity index (χ2v) is 4.49. The number of hydrogen-bond donors (Lipinski definition) is 2. The van der Waals surface area contributed by atoms with E-state index >= 15 is 0 Å². The summed E-state index contributed by atoms with van der Waals surface area (Å²) in [5.41, 5.74) is 9.79. The van der Waals surface area contributed by atoms with Crippen LogP contribution in [-0.4, -0.2) is 6.04 Å². The van der Waals surface area contributed by atoms with Crippen molar-refractivity contribution in [3.8, 4) is 0 Å². The van der Waals surface area contributed by atoms with Crippen molar-refractivity contribution in [2.45, 2.75) is 19.4 Å². The van der Waals surface area contributed by atoms with Gasteiger partial charge in [0.15, 0.2) is 0 Å². The summed E-state index contributed by atoms with van der Waals surface area (Å²) in [6.45, 7) is 2.10. The van der Waals surface area contributed by atoms with E-state index in [0.717, 1.165) is 12.1 Å². The van der Waals surface area contributed by atoms with E-state index in [4.69, 9.17) is 28.9 Å². The molecule has 0 saturated carbocycles. The third kappa shape index (κ3) is 2.06. The molecule has 1 unspecified atom stereocenters. The number of anilines is 1. The molecular weight excluding hydrogens is 245 g/mol. The first-order valence-corrected chi connectivity index (χ1v) is 5.85. The predicted molar refractivity (Wildman–Crippen MR) is 68.4 cm³/mol. The van der Waals surface area contributed by atoms with Crippen LogP contribution in [0.2, 0.25) is 10.0 Å².